The number of aryl methyl sites for hydroxylation is 2. The van der Waals surface area contributed by atoms with Crippen LogP contribution in [-0.4, -0.2) is 14.9 Å². The molecule has 5 heteroatoms. The van der Waals surface area contributed by atoms with Crippen LogP contribution in [0.2, 0.25) is 0 Å². The van der Waals surface area contributed by atoms with Crippen LogP contribution in [0.15, 0.2) is 36.7 Å². The maximum absolute atomic E-state index is 12.3. The van der Waals surface area contributed by atoms with Crippen molar-refractivity contribution in [2.24, 2.45) is 14.1 Å². The number of ketones is 1. The lowest BCUT2D eigenvalue weighted by molar-refractivity contribution is -0.118. The average Bonchev–Trinajstić information content (AvgIpc) is 2.95. The van der Waals surface area contributed by atoms with Crippen molar-refractivity contribution in [2.45, 2.75) is 10.8 Å². The van der Waals surface area contributed by atoms with Gasteiger partial charge in [-0.2, -0.15) is 0 Å². The van der Waals surface area contributed by atoms with E-state index in [-0.39, 0.29) is 5.78 Å². The predicted octanol–water partition coefficient (Wildman–Crippen LogP) is 3.19. The van der Waals surface area contributed by atoms with Gasteiger partial charge >= 0.3 is 0 Å². The second-order valence-electron chi connectivity index (χ2n) is 4.22. The van der Waals surface area contributed by atoms with Crippen LogP contribution in [-0.2, 0) is 18.9 Å². The smallest absolute Gasteiger partial charge is 0.180 e. The number of nitrogens with zero attached hydrogens (tertiary/aromatic N) is 2. The Labute approximate surface area is 116 Å². The maximum Gasteiger partial charge on any atom is 0.180 e. The van der Waals surface area contributed by atoms with Gasteiger partial charge in [0, 0.05) is 37.9 Å². The molecule has 2 unspecified atom stereocenters. The molecule has 0 radical (unpaired) electrons. The molecule has 3 nitrogen and oxygen atoms in total. The summed E-state index contributed by atoms with van der Waals surface area (Å²) < 4.78 is 3.65. The van der Waals surface area contributed by atoms with Crippen molar-refractivity contribution < 1.29 is 4.79 Å². The molecular weight excluding hydrogens is 271 g/mol. The second-order valence-corrected chi connectivity index (χ2v) is 5.09. The molecule has 96 valence electrons. The number of rotatable bonds is 4. The molecule has 0 spiro atoms. The Bertz CT molecular complexity index is 511. The number of Topliss-reactive ketones (excluding diaryl/α,β-unsaturated/α-hetero) is 1. The summed E-state index contributed by atoms with van der Waals surface area (Å²) in [6, 6.07) is 7.35. The van der Waals surface area contributed by atoms with E-state index in [4.69, 9.17) is 23.2 Å². The highest BCUT2D eigenvalue weighted by Gasteiger charge is 2.28. The van der Waals surface area contributed by atoms with E-state index in [9.17, 15) is 4.79 Å². The van der Waals surface area contributed by atoms with Crippen LogP contribution in [0.3, 0.4) is 0 Å². The quantitative estimate of drug-likeness (QED) is 0.792. The Hall–Kier alpha value is -1.19. The lowest BCUT2D eigenvalue weighted by atomic mass is 10.1. The molecule has 0 saturated carbocycles. The highest BCUT2D eigenvalue weighted by Crippen LogP contribution is 2.31. The third-order valence-corrected chi connectivity index (χ3v) is 3.86. The van der Waals surface area contributed by atoms with Crippen LogP contribution in [0.25, 0.3) is 0 Å². The molecule has 0 N–H and O–H groups in total. The molecule has 0 amide bonds. The van der Waals surface area contributed by atoms with Gasteiger partial charge in [-0.3, -0.25) is 4.79 Å². The lowest BCUT2D eigenvalue weighted by Gasteiger charge is -2.15. The summed E-state index contributed by atoms with van der Waals surface area (Å²) in [4.78, 5) is 12.3. The van der Waals surface area contributed by atoms with Crippen molar-refractivity contribution in [1.29, 1.82) is 0 Å². The number of alkyl halides is 2. The van der Waals surface area contributed by atoms with Crippen LogP contribution < -0.4 is 0 Å². The molecule has 2 atom stereocenters. The van der Waals surface area contributed by atoms with Gasteiger partial charge in [-0.15, -0.1) is 23.2 Å². The van der Waals surface area contributed by atoms with Gasteiger partial charge in [-0.1, -0.05) is 0 Å². The molecule has 0 bridgehead atoms. The van der Waals surface area contributed by atoms with Crippen molar-refractivity contribution in [2.75, 3.05) is 0 Å². The largest absolute Gasteiger partial charge is 0.353 e. The Morgan fingerprint density at radius 1 is 1.00 bits per heavy atom. The maximum atomic E-state index is 12.3. The topological polar surface area (TPSA) is 26.9 Å². The Morgan fingerprint density at radius 3 is 1.67 bits per heavy atom. The monoisotopic (exact) mass is 284 g/mol. The molecule has 0 aliphatic heterocycles. The van der Waals surface area contributed by atoms with Gasteiger partial charge in [0.25, 0.3) is 0 Å². The first-order valence-corrected chi connectivity index (χ1v) is 6.44. The first-order valence-electron chi connectivity index (χ1n) is 5.56. The van der Waals surface area contributed by atoms with E-state index in [0.717, 1.165) is 11.4 Å². The van der Waals surface area contributed by atoms with Crippen molar-refractivity contribution in [3.63, 3.8) is 0 Å². The first kappa shape index (κ1) is 13.2. The van der Waals surface area contributed by atoms with Crippen LogP contribution >= 0.6 is 23.2 Å². The number of hydrogen-bond donors (Lipinski definition) is 0. The van der Waals surface area contributed by atoms with Crippen LogP contribution in [0.1, 0.15) is 22.1 Å². The SMILES string of the molecule is Cn1cccc1C(Cl)C(=O)C(Cl)c1cccn1C. The fraction of sp³-hybridized carbons (Fsp3) is 0.308. The zero-order chi connectivity index (χ0) is 13.3. The fourth-order valence-corrected chi connectivity index (χ4v) is 2.67. The van der Waals surface area contributed by atoms with Crippen LogP contribution in [0.5, 0.6) is 0 Å². The molecule has 0 aliphatic rings. The summed E-state index contributed by atoms with van der Waals surface area (Å²) in [6.45, 7) is 0. The summed E-state index contributed by atoms with van der Waals surface area (Å²) in [5.74, 6) is -0.207. The molecule has 0 aromatic carbocycles. The standard InChI is InChI=1S/C13H14Cl2N2O/c1-16-7-3-5-9(16)11(14)13(18)12(15)10-6-4-8-17(10)2/h3-8,11-12H,1-2H3. The number of halogens is 2. The van der Waals surface area contributed by atoms with Gasteiger partial charge in [0.15, 0.2) is 5.78 Å². The summed E-state index contributed by atoms with van der Waals surface area (Å²) in [5, 5.41) is -1.47. The van der Waals surface area contributed by atoms with Gasteiger partial charge in [-0.05, 0) is 24.3 Å². The minimum Gasteiger partial charge on any atom is -0.353 e. The summed E-state index contributed by atoms with van der Waals surface area (Å²) >= 11 is 12.4. The van der Waals surface area contributed by atoms with Crippen LogP contribution in [0.4, 0.5) is 0 Å². The first-order chi connectivity index (χ1) is 8.52. The van der Waals surface area contributed by atoms with E-state index in [1.165, 1.54) is 0 Å². The third-order valence-electron chi connectivity index (χ3n) is 2.99. The number of aromatic nitrogens is 2. The van der Waals surface area contributed by atoms with E-state index in [1.807, 2.05) is 59.9 Å². The third kappa shape index (κ3) is 2.33. The van der Waals surface area contributed by atoms with E-state index in [2.05, 4.69) is 0 Å². The van der Waals surface area contributed by atoms with Crippen molar-refractivity contribution in [3.8, 4) is 0 Å². The van der Waals surface area contributed by atoms with Crippen molar-refractivity contribution in [3.05, 3.63) is 48.0 Å². The van der Waals surface area contributed by atoms with E-state index in [0.29, 0.717) is 0 Å². The van der Waals surface area contributed by atoms with Gasteiger partial charge in [-0.25, -0.2) is 0 Å². The molecular formula is C13H14Cl2N2O. The average molecular weight is 285 g/mol. The molecule has 0 fully saturated rings. The fourth-order valence-electron chi connectivity index (χ4n) is 1.90. The summed E-state index contributed by atoms with van der Waals surface area (Å²) in [6.07, 6.45) is 3.70. The minimum absolute atomic E-state index is 0.207. The number of hydrogen-bond acceptors (Lipinski definition) is 1. The number of carbonyl (C=O) groups is 1. The van der Waals surface area contributed by atoms with Crippen LogP contribution in [0, 0.1) is 0 Å². The minimum atomic E-state index is -0.734. The predicted molar refractivity (Wildman–Crippen MR) is 73.0 cm³/mol. The van der Waals surface area contributed by atoms with E-state index < -0.39 is 10.8 Å². The zero-order valence-electron chi connectivity index (χ0n) is 10.2. The highest BCUT2D eigenvalue weighted by molar-refractivity contribution is 6.39. The second kappa shape index (κ2) is 5.21. The summed E-state index contributed by atoms with van der Waals surface area (Å²) in [7, 11) is 3.70. The molecule has 2 aromatic heterocycles. The molecule has 2 rings (SSSR count). The Kier molecular flexibility index (Phi) is 3.83. The molecule has 2 heterocycles. The van der Waals surface area contributed by atoms with Crippen molar-refractivity contribution in [1.82, 2.24) is 9.13 Å². The molecule has 18 heavy (non-hydrogen) atoms. The van der Waals surface area contributed by atoms with E-state index >= 15 is 0 Å². The van der Waals surface area contributed by atoms with Gasteiger partial charge in [0.2, 0.25) is 0 Å². The molecule has 0 aliphatic carbocycles. The lowest BCUT2D eigenvalue weighted by Crippen LogP contribution is -2.17. The Balaban J connectivity index is 2.22. The van der Waals surface area contributed by atoms with Crippen molar-refractivity contribution >= 4 is 29.0 Å². The normalized spacial score (nSPS) is 14.4. The molecule has 0 saturated heterocycles. The van der Waals surface area contributed by atoms with Gasteiger partial charge in [0.05, 0.1) is 0 Å². The number of carbonyl (C=O) groups excluding carboxylic acids is 1. The zero-order valence-corrected chi connectivity index (χ0v) is 11.7. The molecule has 2 aromatic rings. The van der Waals surface area contributed by atoms with Gasteiger partial charge < -0.3 is 9.13 Å². The Morgan fingerprint density at radius 2 is 1.39 bits per heavy atom. The highest BCUT2D eigenvalue weighted by atomic mass is 35.5. The van der Waals surface area contributed by atoms with E-state index in [1.54, 1.807) is 0 Å². The summed E-state index contributed by atoms with van der Waals surface area (Å²) in [5.41, 5.74) is 1.50. The van der Waals surface area contributed by atoms with Gasteiger partial charge in [0.1, 0.15) is 10.8 Å².